The van der Waals surface area contributed by atoms with Gasteiger partial charge >= 0.3 is 12.4 Å². The molecule has 0 spiro atoms. The Hall–Kier alpha value is -2.74. The molecule has 0 aromatic heterocycles. The highest BCUT2D eigenvalue weighted by molar-refractivity contribution is 7.88. The number of carbonyl (C=O) groups excluding carboxylic acids is 2. The Kier molecular flexibility index (Phi) is 8.79. The van der Waals surface area contributed by atoms with Crippen LogP contribution in [-0.4, -0.2) is 104 Å². The van der Waals surface area contributed by atoms with Crippen LogP contribution in [0, 0.1) is 0 Å². The number of carbonyl (C=O) groups is 2. The third-order valence-corrected chi connectivity index (χ3v) is 9.10. The molecule has 2 atom stereocenters. The van der Waals surface area contributed by atoms with Gasteiger partial charge in [-0.1, -0.05) is 29.3 Å². The molecule has 2 aliphatic rings. The van der Waals surface area contributed by atoms with Gasteiger partial charge in [-0.05, 0) is 42.0 Å². The predicted octanol–water partition coefficient (Wildman–Crippen LogP) is 4.13. The Morgan fingerprint density at radius 1 is 0.950 bits per heavy atom. The van der Waals surface area contributed by atoms with E-state index >= 15 is 0 Å². The van der Waals surface area contributed by atoms with Gasteiger partial charge in [0.05, 0.1) is 22.3 Å². The number of sulfonamides is 1. The third kappa shape index (κ3) is 6.93. The molecule has 4 rings (SSSR count). The van der Waals surface area contributed by atoms with Gasteiger partial charge in [0.2, 0.25) is 10.0 Å². The zero-order chi connectivity index (χ0) is 29.4. The molecule has 2 aliphatic heterocycles. The summed E-state index contributed by atoms with van der Waals surface area (Å²) in [6, 6.07) is 8.91. The van der Waals surface area contributed by atoms with Crippen LogP contribution in [0.15, 0.2) is 42.5 Å². The van der Waals surface area contributed by atoms with Gasteiger partial charge in [-0.25, -0.2) is 13.2 Å². The van der Waals surface area contributed by atoms with Crippen molar-refractivity contribution in [3.05, 3.63) is 63.6 Å². The van der Waals surface area contributed by atoms with Gasteiger partial charge in [-0.3, -0.25) is 4.79 Å². The van der Waals surface area contributed by atoms with Crippen molar-refractivity contribution in [1.29, 1.82) is 0 Å². The number of hydrogen-bond acceptors (Lipinski definition) is 5. The number of rotatable bonds is 5. The number of likely N-dealkylation sites (N-methyl/N-ethyl adjacent to an activating group) is 1. The van der Waals surface area contributed by atoms with Crippen LogP contribution < -0.4 is 4.74 Å². The molecule has 40 heavy (non-hydrogen) atoms. The monoisotopic (exact) mass is 622 g/mol. The Morgan fingerprint density at radius 3 is 2.12 bits per heavy atom. The van der Waals surface area contributed by atoms with Crippen LogP contribution in [0.25, 0.3) is 0 Å². The highest BCUT2D eigenvalue weighted by Gasteiger charge is 2.42. The Balaban J connectivity index is 1.54. The van der Waals surface area contributed by atoms with E-state index in [1.54, 1.807) is 35.0 Å². The summed E-state index contributed by atoms with van der Waals surface area (Å²) in [6.45, 7) is 1.25. The smallest absolute Gasteiger partial charge is 0.406 e. The molecule has 0 bridgehead atoms. The molecule has 0 N–H and O–H groups in total. The summed E-state index contributed by atoms with van der Waals surface area (Å²) in [6.07, 6.45) is -3.73. The van der Waals surface area contributed by atoms with Crippen LogP contribution in [-0.2, 0) is 10.0 Å². The maximum absolute atomic E-state index is 13.4. The third-order valence-electron chi connectivity index (χ3n) is 7.06. The summed E-state index contributed by atoms with van der Waals surface area (Å²) in [7, 11) is -1.80. The lowest BCUT2D eigenvalue weighted by molar-refractivity contribution is -0.274. The number of hydrogen-bond donors (Lipinski definition) is 0. The van der Waals surface area contributed by atoms with E-state index in [-0.39, 0.29) is 56.8 Å². The first-order valence-corrected chi connectivity index (χ1v) is 14.8. The first-order chi connectivity index (χ1) is 18.6. The predicted molar refractivity (Wildman–Crippen MR) is 143 cm³/mol. The van der Waals surface area contributed by atoms with Crippen molar-refractivity contribution >= 4 is 45.2 Å². The molecule has 2 aromatic rings. The average molecular weight is 623 g/mol. The minimum atomic E-state index is -4.85. The molecular weight excluding hydrogens is 596 g/mol. The van der Waals surface area contributed by atoms with Crippen molar-refractivity contribution in [2.24, 2.45) is 0 Å². The number of urea groups is 1. The molecule has 2 aromatic carbocycles. The van der Waals surface area contributed by atoms with Crippen LogP contribution in [0.4, 0.5) is 18.0 Å². The van der Waals surface area contributed by atoms with E-state index in [0.717, 1.165) is 24.0 Å². The Morgan fingerprint density at radius 2 is 1.57 bits per heavy atom. The lowest BCUT2D eigenvalue weighted by Gasteiger charge is -2.35. The Bertz CT molecular complexity index is 1370. The van der Waals surface area contributed by atoms with Crippen LogP contribution in [0.2, 0.25) is 10.0 Å². The summed E-state index contributed by atoms with van der Waals surface area (Å²) in [5.41, 5.74) is 0.900. The van der Waals surface area contributed by atoms with E-state index in [0.29, 0.717) is 10.0 Å². The zero-order valence-electron chi connectivity index (χ0n) is 21.6. The first kappa shape index (κ1) is 30.2. The summed E-state index contributed by atoms with van der Waals surface area (Å²) >= 11 is 12.4. The van der Waals surface area contributed by atoms with Gasteiger partial charge in [0.15, 0.2) is 0 Å². The fraction of sp³-hybridized carbons (Fsp3) is 0.440. The maximum Gasteiger partial charge on any atom is 0.573 e. The van der Waals surface area contributed by atoms with Crippen molar-refractivity contribution in [1.82, 2.24) is 19.0 Å². The molecule has 2 heterocycles. The van der Waals surface area contributed by atoms with Crippen LogP contribution in [0.5, 0.6) is 5.75 Å². The highest BCUT2D eigenvalue weighted by atomic mass is 35.5. The lowest BCUT2D eigenvalue weighted by atomic mass is 9.93. The molecule has 218 valence electrons. The molecule has 0 radical (unpaired) electrons. The van der Waals surface area contributed by atoms with Gasteiger partial charge in [-0.2, -0.15) is 4.31 Å². The Labute approximate surface area is 240 Å². The lowest BCUT2D eigenvalue weighted by Crippen LogP contribution is -2.53. The van der Waals surface area contributed by atoms with Crippen LogP contribution in [0.3, 0.4) is 0 Å². The second kappa shape index (κ2) is 11.6. The minimum Gasteiger partial charge on any atom is -0.406 e. The first-order valence-electron chi connectivity index (χ1n) is 12.2. The number of benzene rings is 2. The number of nitrogens with zero attached hydrogens (tertiary/aromatic N) is 4. The van der Waals surface area contributed by atoms with Gasteiger partial charge < -0.3 is 19.4 Å². The zero-order valence-corrected chi connectivity index (χ0v) is 23.9. The molecule has 0 unspecified atom stereocenters. The topological polar surface area (TPSA) is 90.5 Å². The summed E-state index contributed by atoms with van der Waals surface area (Å²) in [5, 5.41) is 0.663. The number of alkyl halides is 3. The summed E-state index contributed by atoms with van der Waals surface area (Å²) in [4.78, 5) is 31.5. The van der Waals surface area contributed by atoms with E-state index in [2.05, 4.69) is 4.74 Å². The SMILES string of the molecule is CN(C(=O)c1ccc(OC(F)(F)F)cc1)[C@H]1CN(C(=O)N2CCN(S(C)(=O)=O)CC2)C[C@H]1c1ccc(Cl)c(Cl)c1. The van der Waals surface area contributed by atoms with E-state index in [9.17, 15) is 31.2 Å². The van der Waals surface area contributed by atoms with Crippen molar-refractivity contribution < 1.29 is 35.9 Å². The minimum absolute atomic E-state index is 0.145. The molecule has 9 nitrogen and oxygen atoms in total. The number of amides is 3. The second-order valence-corrected chi connectivity index (χ2v) is 12.5. The molecule has 0 aliphatic carbocycles. The quantitative estimate of drug-likeness (QED) is 0.500. The standard InChI is InChI=1S/C25H27Cl2F3N4O5S/c1-31(23(35)16-3-6-18(7-4-16)39-25(28,29)30)22-15-33(14-19(22)17-5-8-20(26)21(27)13-17)24(36)32-9-11-34(12-10-32)40(2,37)38/h3-8,13,19,22H,9-12,14-15H2,1-2H3/t19-,22-/m0/s1. The number of halogens is 5. The summed E-state index contributed by atoms with van der Waals surface area (Å²) in [5.74, 6) is -1.25. The van der Waals surface area contributed by atoms with E-state index in [1.807, 2.05) is 0 Å². The van der Waals surface area contributed by atoms with Crippen molar-refractivity contribution in [2.75, 3.05) is 52.6 Å². The average Bonchev–Trinajstić information content (AvgIpc) is 3.33. The van der Waals surface area contributed by atoms with Crippen molar-refractivity contribution in [3.8, 4) is 5.75 Å². The molecular formula is C25H27Cl2F3N4O5S. The van der Waals surface area contributed by atoms with Crippen molar-refractivity contribution in [3.63, 3.8) is 0 Å². The molecule has 0 saturated carbocycles. The second-order valence-electron chi connectivity index (χ2n) is 9.67. The van der Waals surface area contributed by atoms with Gasteiger partial charge in [-0.15, -0.1) is 13.2 Å². The largest absolute Gasteiger partial charge is 0.573 e. The van der Waals surface area contributed by atoms with Gasteiger partial charge in [0, 0.05) is 57.8 Å². The number of ether oxygens (including phenoxy) is 1. The maximum atomic E-state index is 13.4. The van der Waals surface area contributed by atoms with E-state index < -0.39 is 34.1 Å². The molecule has 2 saturated heterocycles. The normalized spacial score (nSPS) is 20.5. The van der Waals surface area contributed by atoms with Gasteiger partial charge in [0.1, 0.15) is 5.75 Å². The molecule has 15 heteroatoms. The number of likely N-dealkylation sites (tertiary alicyclic amines) is 1. The highest BCUT2D eigenvalue weighted by Crippen LogP contribution is 2.35. The van der Waals surface area contributed by atoms with Gasteiger partial charge in [0.25, 0.3) is 5.91 Å². The fourth-order valence-electron chi connectivity index (χ4n) is 4.97. The van der Waals surface area contributed by atoms with Crippen LogP contribution >= 0.6 is 23.2 Å². The fourth-order valence-corrected chi connectivity index (χ4v) is 6.10. The molecule has 2 fully saturated rings. The van der Waals surface area contributed by atoms with E-state index in [1.165, 1.54) is 21.3 Å². The van der Waals surface area contributed by atoms with Crippen LogP contribution in [0.1, 0.15) is 21.8 Å². The van der Waals surface area contributed by atoms with Crippen molar-refractivity contribution in [2.45, 2.75) is 18.3 Å². The van der Waals surface area contributed by atoms with E-state index in [4.69, 9.17) is 23.2 Å². The summed E-state index contributed by atoms with van der Waals surface area (Å²) < 4.78 is 66.5. The molecule has 3 amide bonds. The number of piperazine rings is 1.